The first kappa shape index (κ1) is 17.6. The molecule has 0 radical (unpaired) electrons. The Balaban J connectivity index is 2.12. The number of rotatable bonds is 7. The van der Waals surface area contributed by atoms with Crippen LogP contribution in [0.1, 0.15) is 40.5 Å². The van der Waals surface area contributed by atoms with E-state index in [2.05, 4.69) is 12.2 Å². The summed E-state index contributed by atoms with van der Waals surface area (Å²) in [7, 11) is 0. The standard InChI is InChI=1S/C15H30N2O2S/c1-5-20-10-6-8-16-11-13-7-9-17(12-13)14(18)19-15(2,3)4/h13,16H,5-12H2,1-4H3. The first-order valence-corrected chi connectivity index (χ1v) is 8.84. The molecule has 4 nitrogen and oxygen atoms in total. The number of likely N-dealkylation sites (tertiary alicyclic amines) is 1. The van der Waals surface area contributed by atoms with Crippen LogP contribution in [0.15, 0.2) is 0 Å². The highest BCUT2D eigenvalue weighted by atomic mass is 32.2. The Morgan fingerprint density at radius 2 is 2.20 bits per heavy atom. The highest BCUT2D eigenvalue weighted by Crippen LogP contribution is 2.18. The minimum Gasteiger partial charge on any atom is -0.444 e. The van der Waals surface area contributed by atoms with Gasteiger partial charge in [-0.15, -0.1) is 0 Å². The maximum Gasteiger partial charge on any atom is 0.410 e. The summed E-state index contributed by atoms with van der Waals surface area (Å²) in [6.07, 6.45) is 2.14. The fraction of sp³-hybridized carbons (Fsp3) is 0.933. The summed E-state index contributed by atoms with van der Waals surface area (Å²) in [6.45, 7) is 11.7. The second-order valence-electron chi connectivity index (χ2n) is 6.34. The number of amides is 1. The van der Waals surface area contributed by atoms with Crippen molar-refractivity contribution >= 4 is 17.9 Å². The van der Waals surface area contributed by atoms with Gasteiger partial charge in [-0.1, -0.05) is 6.92 Å². The van der Waals surface area contributed by atoms with E-state index in [-0.39, 0.29) is 6.09 Å². The van der Waals surface area contributed by atoms with Crippen LogP contribution in [0.4, 0.5) is 4.79 Å². The predicted molar refractivity (Wildman–Crippen MR) is 86.4 cm³/mol. The van der Waals surface area contributed by atoms with Gasteiger partial charge in [0.1, 0.15) is 5.60 Å². The lowest BCUT2D eigenvalue weighted by atomic mass is 10.1. The van der Waals surface area contributed by atoms with Gasteiger partial charge in [-0.05, 0) is 64.1 Å². The Morgan fingerprint density at radius 1 is 1.45 bits per heavy atom. The third-order valence-corrected chi connectivity index (χ3v) is 4.20. The molecule has 1 aliphatic heterocycles. The van der Waals surface area contributed by atoms with Crippen molar-refractivity contribution in [3.63, 3.8) is 0 Å². The van der Waals surface area contributed by atoms with Crippen LogP contribution in [0.5, 0.6) is 0 Å². The monoisotopic (exact) mass is 302 g/mol. The third kappa shape index (κ3) is 7.39. The molecule has 0 bridgehead atoms. The summed E-state index contributed by atoms with van der Waals surface area (Å²) in [5.41, 5.74) is -0.398. The van der Waals surface area contributed by atoms with Gasteiger partial charge < -0.3 is 15.0 Å². The summed E-state index contributed by atoms with van der Waals surface area (Å²) in [4.78, 5) is 13.8. The molecule has 0 spiro atoms. The van der Waals surface area contributed by atoms with Crippen molar-refractivity contribution in [2.75, 3.05) is 37.7 Å². The van der Waals surface area contributed by atoms with E-state index in [0.717, 1.165) is 32.6 Å². The lowest BCUT2D eigenvalue weighted by Crippen LogP contribution is -2.36. The van der Waals surface area contributed by atoms with Gasteiger partial charge in [-0.3, -0.25) is 0 Å². The molecule has 1 heterocycles. The van der Waals surface area contributed by atoms with Crippen molar-refractivity contribution in [2.45, 2.75) is 46.1 Å². The predicted octanol–water partition coefficient (Wildman–Crippen LogP) is 2.98. The molecular weight excluding hydrogens is 272 g/mol. The molecule has 1 amide bonds. The number of carbonyl (C=O) groups excluding carboxylic acids is 1. The molecule has 5 heteroatoms. The van der Waals surface area contributed by atoms with E-state index in [1.165, 1.54) is 17.9 Å². The quantitative estimate of drug-likeness (QED) is 0.734. The van der Waals surface area contributed by atoms with Crippen LogP contribution in [0, 0.1) is 5.92 Å². The molecule has 1 aliphatic rings. The van der Waals surface area contributed by atoms with Gasteiger partial charge in [-0.25, -0.2) is 4.79 Å². The molecule has 1 unspecified atom stereocenters. The van der Waals surface area contributed by atoms with Gasteiger partial charge >= 0.3 is 6.09 Å². The van der Waals surface area contributed by atoms with E-state index in [0.29, 0.717) is 5.92 Å². The number of hydrogen-bond donors (Lipinski definition) is 1. The topological polar surface area (TPSA) is 41.6 Å². The molecule has 0 aromatic rings. The Labute approximate surface area is 128 Å². The molecule has 0 aromatic carbocycles. The van der Waals surface area contributed by atoms with E-state index < -0.39 is 5.60 Å². The van der Waals surface area contributed by atoms with E-state index in [4.69, 9.17) is 4.74 Å². The van der Waals surface area contributed by atoms with Crippen LogP contribution in [0.2, 0.25) is 0 Å². The van der Waals surface area contributed by atoms with Gasteiger partial charge in [0.2, 0.25) is 0 Å². The van der Waals surface area contributed by atoms with Crippen LogP contribution in [0.25, 0.3) is 0 Å². The molecule has 20 heavy (non-hydrogen) atoms. The Bertz CT molecular complexity index is 292. The maximum atomic E-state index is 11.9. The molecule has 1 rings (SSSR count). The van der Waals surface area contributed by atoms with Gasteiger partial charge in [-0.2, -0.15) is 11.8 Å². The number of nitrogens with zero attached hydrogens (tertiary/aromatic N) is 1. The van der Waals surface area contributed by atoms with Crippen LogP contribution >= 0.6 is 11.8 Å². The number of carbonyl (C=O) groups is 1. The van der Waals surface area contributed by atoms with Crippen molar-refractivity contribution in [1.82, 2.24) is 10.2 Å². The van der Waals surface area contributed by atoms with Crippen molar-refractivity contribution in [3.05, 3.63) is 0 Å². The van der Waals surface area contributed by atoms with Crippen molar-refractivity contribution in [1.29, 1.82) is 0 Å². The fourth-order valence-electron chi connectivity index (χ4n) is 2.24. The highest BCUT2D eigenvalue weighted by molar-refractivity contribution is 7.99. The Morgan fingerprint density at radius 3 is 2.85 bits per heavy atom. The molecule has 1 atom stereocenters. The zero-order valence-corrected chi connectivity index (χ0v) is 14.2. The maximum absolute atomic E-state index is 11.9. The van der Waals surface area contributed by atoms with Crippen molar-refractivity contribution < 1.29 is 9.53 Å². The van der Waals surface area contributed by atoms with Crippen LogP contribution in [-0.2, 0) is 4.74 Å². The number of hydrogen-bond acceptors (Lipinski definition) is 4. The number of thioether (sulfide) groups is 1. The highest BCUT2D eigenvalue weighted by Gasteiger charge is 2.29. The molecular formula is C15H30N2O2S. The average molecular weight is 302 g/mol. The van der Waals surface area contributed by atoms with Crippen molar-refractivity contribution in [3.8, 4) is 0 Å². The van der Waals surface area contributed by atoms with Crippen LogP contribution in [0.3, 0.4) is 0 Å². The molecule has 0 aromatic heterocycles. The molecule has 0 aliphatic carbocycles. The van der Waals surface area contributed by atoms with Gasteiger partial charge in [0.05, 0.1) is 0 Å². The van der Waals surface area contributed by atoms with Gasteiger partial charge in [0, 0.05) is 13.1 Å². The zero-order valence-electron chi connectivity index (χ0n) is 13.4. The molecule has 1 fully saturated rings. The third-order valence-electron chi connectivity index (χ3n) is 3.22. The van der Waals surface area contributed by atoms with E-state index >= 15 is 0 Å². The number of ether oxygens (including phenoxy) is 1. The summed E-state index contributed by atoms with van der Waals surface area (Å²) in [5, 5.41) is 3.50. The smallest absolute Gasteiger partial charge is 0.410 e. The lowest BCUT2D eigenvalue weighted by Gasteiger charge is -2.24. The fourth-order valence-corrected chi connectivity index (χ4v) is 2.88. The average Bonchev–Trinajstić information content (AvgIpc) is 2.80. The van der Waals surface area contributed by atoms with Gasteiger partial charge in [0.25, 0.3) is 0 Å². The second kappa shape index (κ2) is 8.78. The normalized spacial score (nSPS) is 19.4. The summed E-state index contributed by atoms with van der Waals surface area (Å²) < 4.78 is 5.40. The Hall–Kier alpha value is -0.420. The number of nitrogens with one attached hydrogen (secondary N) is 1. The van der Waals surface area contributed by atoms with Crippen LogP contribution in [-0.4, -0.2) is 54.3 Å². The molecule has 0 saturated carbocycles. The van der Waals surface area contributed by atoms with E-state index in [1.807, 2.05) is 37.4 Å². The summed E-state index contributed by atoms with van der Waals surface area (Å²) in [6, 6.07) is 0. The SMILES string of the molecule is CCSCCCNCC1CCN(C(=O)OC(C)(C)C)C1. The molecule has 1 N–H and O–H groups in total. The van der Waals surface area contributed by atoms with E-state index in [1.54, 1.807) is 0 Å². The minimum atomic E-state index is -0.398. The molecule has 1 saturated heterocycles. The summed E-state index contributed by atoms with van der Waals surface area (Å²) in [5.74, 6) is 3.01. The molecule has 118 valence electrons. The largest absolute Gasteiger partial charge is 0.444 e. The lowest BCUT2D eigenvalue weighted by molar-refractivity contribution is 0.0288. The first-order valence-electron chi connectivity index (χ1n) is 7.68. The van der Waals surface area contributed by atoms with Crippen LogP contribution < -0.4 is 5.32 Å². The first-order chi connectivity index (χ1) is 9.42. The van der Waals surface area contributed by atoms with E-state index in [9.17, 15) is 4.79 Å². The Kier molecular flexibility index (Phi) is 7.74. The van der Waals surface area contributed by atoms with Crippen molar-refractivity contribution in [2.24, 2.45) is 5.92 Å². The summed E-state index contributed by atoms with van der Waals surface area (Å²) >= 11 is 1.99. The zero-order chi connectivity index (χ0) is 15.0. The minimum absolute atomic E-state index is 0.167. The van der Waals surface area contributed by atoms with Gasteiger partial charge in [0.15, 0.2) is 0 Å². The second-order valence-corrected chi connectivity index (χ2v) is 7.73.